The standard InChI is InChI=1S/C19H30N4O.HI/c1-4-20-19(22-17-11-16-9-10-18(17)24-16)21-12-14-5-7-15(8-6-14)13-23(2)3;/h5-8,16-18H,4,9-13H2,1-3H3,(H2,20,21,22);1H. The highest BCUT2D eigenvalue weighted by Gasteiger charge is 2.41. The molecule has 2 heterocycles. The maximum Gasteiger partial charge on any atom is 0.191 e. The van der Waals surface area contributed by atoms with Gasteiger partial charge in [-0.05, 0) is 51.4 Å². The van der Waals surface area contributed by atoms with Gasteiger partial charge in [-0.15, -0.1) is 24.0 Å². The molecule has 25 heavy (non-hydrogen) atoms. The minimum atomic E-state index is 0. The van der Waals surface area contributed by atoms with Crippen LogP contribution in [-0.4, -0.2) is 49.7 Å². The topological polar surface area (TPSA) is 48.9 Å². The van der Waals surface area contributed by atoms with Gasteiger partial charge in [-0.3, -0.25) is 0 Å². The number of nitrogens with one attached hydrogen (secondary N) is 2. The molecular weight excluding hydrogens is 427 g/mol. The molecule has 6 heteroatoms. The van der Waals surface area contributed by atoms with Gasteiger partial charge >= 0.3 is 0 Å². The fourth-order valence-electron chi connectivity index (χ4n) is 3.57. The molecule has 3 atom stereocenters. The van der Waals surface area contributed by atoms with Gasteiger partial charge in [0.1, 0.15) is 0 Å². The second kappa shape index (κ2) is 9.73. The summed E-state index contributed by atoms with van der Waals surface area (Å²) in [5.41, 5.74) is 2.57. The largest absolute Gasteiger partial charge is 0.373 e. The lowest BCUT2D eigenvalue weighted by molar-refractivity contribution is 0.0992. The zero-order valence-electron chi connectivity index (χ0n) is 15.5. The van der Waals surface area contributed by atoms with Crippen LogP contribution >= 0.6 is 24.0 Å². The van der Waals surface area contributed by atoms with Gasteiger partial charge in [-0.1, -0.05) is 24.3 Å². The normalized spacial score (nSPS) is 25.1. The Balaban J connectivity index is 0.00000225. The van der Waals surface area contributed by atoms with E-state index in [1.807, 2.05) is 0 Å². The first-order chi connectivity index (χ1) is 11.6. The van der Waals surface area contributed by atoms with Crippen molar-refractivity contribution in [3.8, 4) is 0 Å². The number of benzene rings is 1. The van der Waals surface area contributed by atoms with Crippen molar-refractivity contribution >= 4 is 29.9 Å². The molecule has 2 N–H and O–H groups in total. The van der Waals surface area contributed by atoms with Gasteiger partial charge in [0.15, 0.2) is 5.96 Å². The van der Waals surface area contributed by atoms with E-state index >= 15 is 0 Å². The van der Waals surface area contributed by atoms with Crippen molar-refractivity contribution in [2.75, 3.05) is 20.6 Å². The zero-order valence-corrected chi connectivity index (χ0v) is 17.8. The van der Waals surface area contributed by atoms with Crippen LogP contribution in [0.5, 0.6) is 0 Å². The minimum absolute atomic E-state index is 0. The summed E-state index contributed by atoms with van der Waals surface area (Å²) in [5.74, 6) is 0.899. The Kier molecular flexibility index (Phi) is 7.96. The number of halogens is 1. The van der Waals surface area contributed by atoms with Crippen molar-refractivity contribution in [1.82, 2.24) is 15.5 Å². The molecule has 3 unspecified atom stereocenters. The molecule has 0 spiro atoms. The number of rotatable bonds is 6. The molecular formula is C19H31IN4O. The summed E-state index contributed by atoms with van der Waals surface area (Å²) >= 11 is 0. The van der Waals surface area contributed by atoms with Crippen LogP contribution in [0.4, 0.5) is 0 Å². The van der Waals surface area contributed by atoms with Crippen LogP contribution in [0.25, 0.3) is 0 Å². The molecule has 2 fully saturated rings. The summed E-state index contributed by atoms with van der Waals surface area (Å²) in [6.45, 7) is 4.64. The molecule has 2 aliphatic heterocycles. The zero-order chi connectivity index (χ0) is 16.9. The van der Waals surface area contributed by atoms with Crippen LogP contribution in [0.1, 0.15) is 37.3 Å². The molecule has 5 nitrogen and oxygen atoms in total. The van der Waals surface area contributed by atoms with Crippen molar-refractivity contribution in [1.29, 1.82) is 0 Å². The van der Waals surface area contributed by atoms with Crippen LogP contribution in [0.2, 0.25) is 0 Å². The Morgan fingerprint density at radius 1 is 1.20 bits per heavy atom. The number of guanidine groups is 1. The van der Waals surface area contributed by atoms with Gasteiger partial charge in [-0.2, -0.15) is 0 Å². The minimum Gasteiger partial charge on any atom is -0.373 e. The first-order valence-electron chi connectivity index (χ1n) is 9.07. The number of hydrogen-bond acceptors (Lipinski definition) is 3. The average Bonchev–Trinajstić information content (AvgIpc) is 3.16. The van der Waals surface area contributed by atoms with Gasteiger partial charge in [0.25, 0.3) is 0 Å². The number of nitrogens with zero attached hydrogens (tertiary/aromatic N) is 2. The summed E-state index contributed by atoms with van der Waals surface area (Å²) in [6.07, 6.45) is 4.32. The van der Waals surface area contributed by atoms with Crippen LogP contribution in [0.15, 0.2) is 29.3 Å². The molecule has 2 saturated heterocycles. The second-order valence-corrected chi connectivity index (χ2v) is 7.11. The van der Waals surface area contributed by atoms with Crippen molar-refractivity contribution in [2.45, 2.75) is 57.5 Å². The monoisotopic (exact) mass is 458 g/mol. The van der Waals surface area contributed by atoms with E-state index in [9.17, 15) is 0 Å². The number of aliphatic imine (C=N–C) groups is 1. The third kappa shape index (κ3) is 5.82. The van der Waals surface area contributed by atoms with E-state index in [-0.39, 0.29) is 24.0 Å². The highest BCUT2D eigenvalue weighted by atomic mass is 127. The molecule has 0 saturated carbocycles. The number of fused-ring (bicyclic) bond motifs is 2. The first-order valence-corrected chi connectivity index (χ1v) is 9.07. The predicted octanol–water partition coefficient (Wildman–Crippen LogP) is 2.74. The molecule has 2 bridgehead atoms. The molecule has 2 aliphatic rings. The number of hydrogen-bond donors (Lipinski definition) is 2. The lowest BCUT2D eigenvalue weighted by Gasteiger charge is -2.22. The predicted molar refractivity (Wildman–Crippen MR) is 113 cm³/mol. The highest BCUT2D eigenvalue weighted by Crippen LogP contribution is 2.34. The van der Waals surface area contributed by atoms with E-state index in [4.69, 9.17) is 9.73 Å². The summed E-state index contributed by atoms with van der Waals surface area (Å²) in [6, 6.07) is 9.13. The molecule has 0 aliphatic carbocycles. The van der Waals surface area contributed by atoms with Crippen LogP contribution in [0.3, 0.4) is 0 Å². The van der Waals surface area contributed by atoms with Gasteiger partial charge in [-0.25, -0.2) is 4.99 Å². The van der Waals surface area contributed by atoms with Crippen molar-refractivity contribution in [3.05, 3.63) is 35.4 Å². The van der Waals surface area contributed by atoms with Gasteiger partial charge in [0.05, 0.1) is 24.8 Å². The van der Waals surface area contributed by atoms with E-state index in [1.165, 1.54) is 24.0 Å². The molecule has 3 rings (SSSR count). The first kappa shape index (κ1) is 20.5. The molecule has 0 amide bonds. The fourth-order valence-corrected chi connectivity index (χ4v) is 3.57. The Hall–Kier alpha value is -0.860. The lowest BCUT2D eigenvalue weighted by atomic mass is 9.96. The van der Waals surface area contributed by atoms with Crippen LogP contribution in [0, 0.1) is 0 Å². The lowest BCUT2D eigenvalue weighted by Crippen LogP contribution is -2.47. The summed E-state index contributed by atoms with van der Waals surface area (Å²) in [4.78, 5) is 6.93. The van der Waals surface area contributed by atoms with E-state index in [0.29, 0.717) is 24.8 Å². The molecule has 1 aromatic rings. The SMILES string of the molecule is CCNC(=NCc1ccc(CN(C)C)cc1)NC1CC2CCC1O2.I. The third-order valence-electron chi connectivity index (χ3n) is 4.71. The van der Waals surface area contributed by atoms with Crippen molar-refractivity contribution in [2.24, 2.45) is 4.99 Å². The maximum absolute atomic E-state index is 5.92. The van der Waals surface area contributed by atoms with E-state index in [2.05, 4.69) is 60.8 Å². The molecule has 0 radical (unpaired) electrons. The van der Waals surface area contributed by atoms with Crippen LogP contribution in [-0.2, 0) is 17.8 Å². The van der Waals surface area contributed by atoms with E-state index in [1.54, 1.807) is 0 Å². The Morgan fingerprint density at radius 2 is 1.92 bits per heavy atom. The summed E-state index contributed by atoms with van der Waals surface area (Å²) in [7, 11) is 4.18. The van der Waals surface area contributed by atoms with Crippen LogP contribution < -0.4 is 10.6 Å². The summed E-state index contributed by atoms with van der Waals surface area (Å²) < 4.78 is 5.92. The van der Waals surface area contributed by atoms with E-state index < -0.39 is 0 Å². The van der Waals surface area contributed by atoms with Gasteiger partial charge in [0, 0.05) is 13.1 Å². The molecule has 1 aromatic carbocycles. The average molecular weight is 458 g/mol. The van der Waals surface area contributed by atoms with E-state index in [0.717, 1.165) is 25.5 Å². The Morgan fingerprint density at radius 3 is 2.48 bits per heavy atom. The quantitative estimate of drug-likeness (QED) is 0.391. The second-order valence-electron chi connectivity index (χ2n) is 7.11. The summed E-state index contributed by atoms with van der Waals surface area (Å²) in [5, 5.41) is 6.92. The smallest absolute Gasteiger partial charge is 0.191 e. The Labute approximate surface area is 168 Å². The van der Waals surface area contributed by atoms with Gasteiger partial charge < -0.3 is 20.3 Å². The van der Waals surface area contributed by atoms with Crippen molar-refractivity contribution in [3.63, 3.8) is 0 Å². The highest BCUT2D eigenvalue weighted by molar-refractivity contribution is 14.0. The molecule has 140 valence electrons. The van der Waals surface area contributed by atoms with Gasteiger partial charge in [0.2, 0.25) is 0 Å². The third-order valence-corrected chi connectivity index (χ3v) is 4.71. The fraction of sp³-hybridized carbons (Fsp3) is 0.632. The number of ether oxygens (including phenoxy) is 1. The maximum atomic E-state index is 5.92. The Bertz CT molecular complexity index is 561. The van der Waals surface area contributed by atoms with Crippen molar-refractivity contribution < 1.29 is 4.74 Å². The molecule has 0 aromatic heterocycles.